The van der Waals surface area contributed by atoms with Crippen LogP contribution < -0.4 is 11.2 Å². The Labute approximate surface area is 62.5 Å². The Morgan fingerprint density at radius 2 is 2.18 bits per heavy atom. The summed E-state index contributed by atoms with van der Waals surface area (Å²) in [6.45, 7) is 0. The second kappa shape index (κ2) is 2.08. The van der Waals surface area contributed by atoms with E-state index in [-0.39, 0.29) is 17.3 Å². The molecule has 4 nitrogen and oxygen atoms in total. The third-order valence-corrected chi connectivity index (χ3v) is 1.80. The van der Waals surface area contributed by atoms with Crippen LogP contribution in [0.5, 0.6) is 0 Å². The topological polar surface area (TPSA) is 54.9 Å². The molecule has 1 aromatic rings. The van der Waals surface area contributed by atoms with Crippen molar-refractivity contribution in [2.45, 2.75) is 18.9 Å². The van der Waals surface area contributed by atoms with Crippen LogP contribution in [-0.4, -0.2) is 9.55 Å². The number of hydrogen-bond donors (Lipinski definition) is 1. The van der Waals surface area contributed by atoms with Crippen LogP contribution in [0.1, 0.15) is 18.9 Å². The molecule has 0 atom stereocenters. The van der Waals surface area contributed by atoms with Gasteiger partial charge in [0.15, 0.2) is 0 Å². The quantitative estimate of drug-likeness (QED) is 0.609. The summed E-state index contributed by atoms with van der Waals surface area (Å²) >= 11 is 0. The molecule has 1 aliphatic rings. The molecule has 1 aromatic heterocycles. The second-order valence-corrected chi connectivity index (χ2v) is 2.72. The number of aromatic amines is 1. The largest absolute Gasteiger partial charge is 0.328 e. The Morgan fingerprint density at radius 1 is 1.45 bits per heavy atom. The Morgan fingerprint density at radius 3 is 2.73 bits per heavy atom. The Bertz CT molecular complexity index is 344. The van der Waals surface area contributed by atoms with Gasteiger partial charge in [-0.25, -0.2) is 4.79 Å². The van der Waals surface area contributed by atoms with Gasteiger partial charge in [-0.15, -0.1) is 0 Å². The summed E-state index contributed by atoms with van der Waals surface area (Å²) in [5.41, 5.74) is -0.490. The Balaban J connectivity index is 2.67. The Hall–Kier alpha value is -1.32. The van der Waals surface area contributed by atoms with Crippen molar-refractivity contribution < 1.29 is 0 Å². The highest BCUT2D eigenvalue weighted by Gasteiger charge is 2.25. The van der Waals surface area contributed by atoms with Gasteiger partial charge < -0.3 is 4.98 Å². The first-order valence-corrected chi connectivity index (χ1v) is 3.59. The Kier molecular flexibility index (Phi) is 1.21. The van der Waals surface area contributed by atoms with Gasteiger partial charge in [0.05, 0.1) is 0 Å². The third kappa shape index (κ3) is 1.00. The van der Waals surface area contributed by atoms with Crippen LogP contribution >= 0.6 is 0 Å². The molecule has 4 heteroatoms. The van der Waals surface area contributed by atoms with Gasteiger partial charge in [-0.05, 0) is 12.8 Å². The van der Waals surface area contributed by atoms with E-state index in [0.29, 0.717) is 0 Å². The van der Waals surface area contributed by atoms with Crippen LogP contribution in [0.25, 0.3) is 0 Å². The molecular weight excluding hydrogens is 144 g/mol. The number of aromatic nitrogens is 2. The predicted octanol–water partition coefficient (Wildman–Crippen LogP) is -0.129. The predicted molar refractivity (Wildman–Crippen MR) is 39.6 cm³/mol. The summed E-state index contributed by atoms with van der Waals surface area (Å²) in [6.07, 6.45) is 3.28. The number of H-pyrrole nitrogens is 1. The normalized spacial score (nSPS) is 16.7. The molecule has 0 saturated heterocycles. The van der Waals surface area contributed by atoms with Crippen LogP contribution in [0.4, 0.5) is 0 Å². The molecule has 2 rings (SSSR count). The molecule has 0 amide bonds. The van der Waals surface area contributed by atoms with E-state index in [2.05, 4.69) is 4.98 Å². The maximum atomic E-state index is 11.1. The lowest BCUT2D eigenvalue weighted by molar-refractivity contribution is 0.655. The first-order valence-electron chi connectivity index (χ1n) is 3.59. The van der Waals surface area contributed by atoms with Crippen molar-refractivity contribution in [2.75, 3.05) is 0 Å². The average molecular weight is 152 g/mol. The lowest BCUT2D eigenvalue weighted by atomic mass is 10.6. The molecule has 0 unspecified atom stereocenters. The summed E-state index contributed by atoms with van der Waals surface area (Å²) in [5.74, 6) is 0. The van der Waals surface area contributed by atoms with Gasteiger partial charge in [0.25, 0.3) is 5.56 Å². The molecule has 1 aliphatic carbocycles. The van der Waals surface area contributed by atoms with Crippen LogP contribution in [0.15, 0.2) is 21.9 Å². The standard InChI is InChI=1S/C7H8N2O2/c10-6-3-4-8-7(11)9(6)5-1-2-5/h3-5H,1-2H2,(H,8,11). The lowest BCUT2D eigenvalue weighted by Crippen LogP contribution is -2.32. The second-order valence-electron chi connectivity index (χ2n) is 2.72. The van der Waals surface area contributed by atoms with Gasteiger partial charge in [-0.3, -0.25) is 9.36 Å². The van der Waals surface area contributed by atoms with Crippen LogP contribution in [0, 0.1) is 0 Å². The minimum atomic E-state index is -0.292. The molecule has 1 fully saturated rings. The van der Waals surface area contributed by atoms with Gasteiger partial charge in [0.1, 0.15) is 0 Å². The van der Waals surface area contributed by atoms with Gasteiger partial charge >= 0.3 is 5.69 Å². The summed E-state index contributed by atoms with van der Waals surface area (Å²) in [7, 11) is 0. The monoisotopic (exact) mass is 152 g/mol. The fourth-order valence-corrected chi connectivity index (χ4v) is 1.11. The van der Waals surface area contributed by atoms with E-state index in [1.54, 1.807) is 0 Å². The van der Waals surface area contributed by atoms with Gasteiger partial charge in [-0.2, -0.15) is 0 Å². The SMILES string of the molecule is O=c1cc[nH]c(=O)n1C1CC1. The number of hydrogen-bond acceptors (Lipinski definition) is 2. The molecule has 0 spiro atoms. The van der Waals surface area contributed by atoms with E-state index in [1.165, 1.54) is 16.8 Å². The molecule has 0 radical (unpaired) electrons. The zero-order chi connectivity index (χ0) is 7.84. The summed E-state index contributed by atoms with van der Waals surface area (Å²) < 4.78 is 1.28. The molecule has 0 aromatic carbocycles. The minimum absolute atomic E-state index is 0.160. The number of nitrogens with one attached hydrogen (secondary N) is 1. The minimum Gasteiger partial charge on any atom is -0.314 e. The summed E-state index contributed by atoms with van der Waals surface area (Å²) in [4.78, 5) is 24.6. The highest BCUT2D eigenvalue weighted by molar-refractivity contribution is 4.90. The molecule has 1 N–H and O–H groups in total. The molecule has 58 valence electrons. The molecule has 0 bridgehead atoms. The van der Waals surface area contributed by atoms with Crippen molar-refractivity contribution in [3.05, 3.63) is 33.1 Å². The molecule has 11 heavy (non-hydrogen) atoms. The zero-order valence-electron chi connectivity index (χ0n) is 5.91. The molecule has 0 aliphatic heterocycles. The van der Waals surface area contributed by atoms with E-state index in [4.69, 9.17) is 0 Å². The van der Waals surface area contributed by atoms with Crippen molar-refractivity contribution in [3.8, 4) is 0 Å². The van der Waals surface area contributed by atoms with Crippen LogP contribution in [-0.2, 0) is 0 Å². The fraction of sp³-hybridized carbons (Fsp3) is 0.429. The average Bonchev–Trinajstić information content (AvgIpc) is 2.70. The van der Waals surface area contributed by atoms with Crippen molar-refractivity contribution in [1.29, 1.82) is 0 Å². The summed E-state index contributed by atoms with van der Waals surface area (Å²) in [6, 6.07) is 1.53. The van der Waals surface area contributed by atoms with Crippen molar-refractivity contribution in [2.24, 2.45) is 0 Å². The smallest absolute Gasteiger partial charge is 0.314 e. The van der Waals surface area contributed by atoms with Crippen LogP contribution in [0.3, 0.4) is 0 Å². The van der Waals surface area contributed by atoms with Crippen molar-refractivity contribution in [1.82, 2.24) is 9.55 Å². The highest BCUT2D eigenvalue weighted by atomic mass is 16.2. The maximum Gasteiger partial charge on any atom is 0.328 e. The first-order chi connectivity index (χ1) is 5.29. The third-order valence-electron chi connectivity index (χ3n) is 1.80. The van der Waals surface area contributed by atoms with Gasteiger partial charge in [0.2, 0.25) is 0 Å². The van der Waals surface area contributed by atoms with E-state index in [0.717, 1.165) is 12.8 Å². The van der Waals surface area contributed by atoms with E-state index < -0.39 is 0 Å². The first kappa shape index (κ1) is 6.39. The van der Waals surface area contributed by atoms with Crippen molar-refractivity contribution in [3.63, 3.8) is 0 Å². The fourth-order valence-electron chi connectivity index (χ4n) is 1.11. The number of nitrogens with zero attached hydrogens (tertiary/aromatic N) is 1. The van der Waals surface area contributed by atoms with E-state index >= 15 is 0 Å². The molecular formula is C7H8N2O2. The highest BCUT2D eigenvalue weighted by Crippen LogP contribution is 2.31. The maximum absolute atomic E-state index is 11.1. The molecule has 1 saturated carbocycles. The summed E-state index contributed by atoms with van der Waals surface area (Å²) in [5, 5.41) is 0. The number of rotatable bonds is 1. The van der Waals surface area contributed by atoms with E-state index in [9.17, 15) is 9.59 Å². The molecule has 1 heterocycles. The van der Waals surface area contributed by atoms with Crippen molar-refractivity contribution >= 4 is 0 Å². The van der Waals surface area contributed by atoms with Gasteiger partial charge in [0, 0.05) is 18.3 Å². The lowest BCUT2D eigenvalue weighted by Gasteiger charge is -1.97. The van der Waals surface area contributed by atoms with Gasteiger partial charge in [-0.1, -0.05) is 0 Å². The van der Waals surface area contributed by atoms with E-state index in [1.807, 2.05) is 0 Å². The zero-order valence-corrected chi connectivity index (χ0v) is 5.91. The van der Waals surface area contributed by atoms with Crippen LogP contribution in [0.2, 0.25) is 0 Å².